The third kappa shape index (κ3) is 12.9. The fraction of sp³-hybridized carbons (Fsp3) is 0.750. The van der Waals surface area contributed by atoms with E-state index in [0.717, 1.165) is 5.75 Å². The first-order valence-electron chi connectivity index (χ1n) is 11.2. The molecule has 0 aliphatic carbocycles. The molecule has 0 aromatic heterocycles. The summed E-state index contributed by atoms with van der Waals surface area (Å²) in [5, 5.41) is 0. The standard InChI is InChI=1S/C24H40Br2O/c1-3-5-7-9-10-11-12-14-18-22(17-13-8-6-4-2)27-23-19-15-16-21(20-23)24(25)26/h15-16,19-20,22,24H,3-14,17-18H2,1-2H3. The molecule has 0 bridgehead atoms. The normalized spacial score (nSPS) is 12.5. The number of alkyl halides is 2. The summed E-state index contributed by atoms with van der Waals surface area (Å²) in [6.07, 6.45) is 19.0. The van der Waals surface area contributed by atoms with Crippen LogP contribution in [0.25, 0.3) is 0 Å². The van der Waals surface area contributed by atoms with Crippen LogP contribution in [0.4, 0.5) is 0 Å². The van der Waals surface area contributed by atoms with Gasteiger partial charge in [-0.2, -0.15) is 0 Å². The van der Waals surface area contributed by atoms with Crippen molar-refractivity contribution in [3.63, 3.8) is 0 Å². The minimum absolute atomic E-state index is 0.185. The van der Waals surface area contributed by atoms with Gasteiger partial charge in [-0.15, -0.1) is 0 Å². The van der Waals surface area contributed by atoms with Crippen LogP contribution in [-0.4, -0.2) is 6.10 Å². The second-order valence-electron chi connectivity index (χ2n) is 7.73. The fourth-order valence-corrected chi connectivity index (χ4v) is 4.05. The molecule has 1 aromatic rings. The van der Waals surface area contributed by atoms with Crippen molar-refractivity contribution in [2.75, 3.05) is 0 Å². The van der Waals surface area contributed by atoms with Gasteiger partial charge in [-0.05, 0) is 43.4 Å². The molecule has 0 saturated heterocycles. The first-order chi connectivity index (χ1) is 13.2. The first-order valence-corrected chi connectivity index (χ1v) is 13.0. The highest BCUT2D eigenvalue weighted by molar-refractivity contribution is 9.24. The van der Waals surface area contributed by atoms with Gasteiger partial charge in [0.2, 0.25) is 0 Å². The Hall–Kier alpha value is -0.0200. The highest BCUT2D eigenvalue weighted by atomic mass is 79.9. The molecule has 0 fully saturated rings. The Bertz CT molecular complexity index is 461. The molecule has 1 atom stereocenters. The lowest BCUT2D eigenvalue weighted by Gasteiger charge is -2.20. The second-order valence-corrected chi connectivity index (χ2v) is 10.8. The van der Waals surface area contributed by atoms with Crippen molar-refractivity contribution in [1.29, 1.82) is 0 Å². The first kappa shape index (κ1) is 25.0. The number of rotatable bonds is 17. The maximum Gasteiger partial charge on any atom is 0.120 e. The Kier molecular flexibility index (Phi) is 15.7. The van der Waals surface area contributed by atoms with Crippen molar-refractivity contribution >= 4 is 31.9 Å². The number of benzene rings is 1. The summed E-state index contributed by atoms with van der Waals surface area (Å²) in [6, 6.07) is 8.46. The van der Waals surface area contributed by atoms with Crippen LogP contribution in [0.1, 0.15) is 113 Å². The van der Waals surface area contributed by atoms with Crippen LogP contribution in [0.2, 0.25) is 0 Å². The zero-order valence-corrected chi connectivity index (χ0v) is 20.7. The molecule has 0 saturated carbocycles. The van der Waals surface area contributed by atoms with Gasteiger partial charge in [0.25, 0.3) is 0 Å². The van der Waals surface area contributed by atoms with Crippen LogP contribution >= 0.6 is 31.9 Å². The predicted molar refractivity (Wildman–Crippen MR) is 127 cm³/mol. The van der Waals surface area contributed by atoms with E-state index in [4.69, 9.17) is 4.74 Å². The lowest BCUT2D eigenvalue weighted by Crippen LogP contribution is -2.16. The van der Waals surface area contributed by atoms with Gasteiger partial charge in [0.05, 0.1) is 9.84 Å². The highest BCUT2D eigenvalue weighted by Crippen LogP contribution is 2.31. The fourth-order valence-electron chi connectivity index (χ4n) is 3.48. The van der Waals surface area contributed by atoms with Gasteiger partial charge < -0.3 is 4.74 Å². The van der Waals surface area contributed by atoms with E-state index >= 15 is 0 Å². The van der Waals surface area contributed by atoms with Gasteiger partial charge >= 0.3 is 0 Å². The van der Waals surface area contributed by atoms with E-state index in [0.29, 0.717) is 6.10 Å². The SMILES string of the molecule is CCCCCCCCCCC(CCCCCC)Oc1cccc(C(Br)Br)c1. The van der Waals surface area contributed by atoms with Gasteiger partial charge in [-0.25, -0.2) is 0 Å². The van der Waals surface area contributed by atoms with Crippen molar-refractivity contribution in [1.82, 2.24) is 0 Å². The molecule has 0 aliphatic heterocycles. The lowest BCUT2D eigenvalue weighted by atomic mass is 10.0. The Morgan fingerprint density at radius 1 is 0.741 bits per heavy atom. The molecule has 27 heavy (non-hydrogen) atoms. The summed E-state index contributed by atoms with van der Waals surface area (Å²) < 4.78 is 6.59. The molecule has 3 heteroatoms. The zero-order chi connectivity index (χ0) is 19.7. The third-order valence-electron chi connectivity index (χ3n) is 5.17. The number of hydrogen-bond acceptors (Lipinski definition) is 1. The highest BCUT2D eigenvalue weighted by Gasteiger charge is 2.12. The van der Waals surface area contributed by atoms with Crippen LogP contribution in [0, 0.1) is 0 Å². The van der Waals surface area contributed by atoms with Crippen LogP contribution in [-0.2, 0) is 0 Å². The topological polar surface area (TPSA) is 9.23 Å². The Balaban J connectivity index is 2.39. The molecule has 1 unspecified atom stereocenters. The largest absolute Gasteiger partial charge is 0.490 e. The summed E-state index contributed by atoms with van der Waals surface area (Å²) in [7, 11) is 0. The molecule has 0 aliphatic rings. The smallest absolute Gasteiger partial charge is 0.120 e. The van der Waals surface area contributed by atoms with Gasteiger partial charge in [0.15, 0.2) is 0 Å². The summed E-state index contributed by atoms with van der Waals surface area (Å²) >= 11 is 7.17. The lowest BCUT2D eigenvalue weighted by molar-refractivity contribution is 0.172. The van der Waals surface area contributed by atoms with Crippen molar-refractivity contribution in [3.8, 4) is 5.75 Å². The van der Waals surface area contributed by atoms with Crippen LogP contribution < -0.4 is 4.74 Å². The molecule has 0 heterocycles. The van der Waals surface area contributed by atoms with Crippen molar-refractivity contribution < 1.29 is 4.74 Å². The summed E-state index contributed by atoms with van der Waals surface area (Å²) in [4.78, 5) is 0. The molecule has 0 N–H and O–H groups in total. The Labute approximate surface area is 185 Å². The summed E-state index contributed by atoms with van der Waals surface area (Å²) in [5.41, 5.74) is 1.21. The maximum atomic E-state index is 6.40. The van der Waals surface area contributed by atoms with E-state index in [2.05, 4.69) is 70.0 Å². The summed E-state index contributed by atoms with van der Waals surface area (Å²) in [5.74, 6) is 1.01. The number of halogens is 2. The molecule has 1 nitrogen and oxygen atoms in total. The van der Waals surface area contributed by atoms with Crippen LogP contribution in [0.3, 0.4) is 0 Å². The van der Waals surface area contributed by atoms with Gasteiger partial charge in [0.1, 0.15) is 5.75 Å². The predicted octanol–water partition coefficient (Wildman–Crippen LogP) is 9.72. The zero-order valence-electron chi connectivity index (χ0n) is 17.5. The van der Waals surface area contributed by atoms with E-state index in [1.165, 1.54) is 95.5 Å². The Morgan fingerprint density at radius 2 is 1.26 bits per heavy atom. The van der Waals surface area contributed by atoms with Crippen molar-refractivity contribution in [2.24, 2.45) is 0 Å². The van der Waals surface area contributed by atoms with Crippen LogP contribution in [0.15, 0.2) is 24.3 Å². The molecular formula is C24H40Br2O. The monoisotopic (exact) mass is 502 g/mol. The maximum absolute atomic E-state index is 6.40. The molecule has 0 radical (unpaired) electrons. The number of unbranched alkanes of at least 4 members (excludes halogenated alkanes) is 10. The number of hydrogen-bond donors (Lipinski definition) is 0. The van der Waals surface area contributed by atoms with E-state index in [9.17, 15) is 0 Å². The molecule has 1 aromatic carbocycles. The van der Waals surface area contributed by atoms with Gasteiger partial charge in [-0.3, -0.25) is 0 Å². The van der Waals surface area contributed by atoms with Gasteiger partial charge in [0, 0.05) is 0 Å². The average molecular weight is 504 g/mol. The van der Waals surface area contributed by atoms with Crippen molar-refractivity contribution in [2.45, 2.75) is 114 Å². The number of ether oxygens (including phenoxy) is 1. The van der Waals surface area contributed by atoms with Crippen LogP contribution in [0.5, 0.6) is 5.75 Å². The van der Waals surface area contributed by atoms with E-state index in [1.54, 1.807) is 0 Å². The molecular weight excluding hydrogens is 464 g/mol. The minimum atomic E-state index is 0.185. The third-order valence-corrected chi connectivity index (χ3v) is 6.23. The Morgan fingerprint density at radius 3 is 1.81 bits per heavy atom. The van der Waals surface area contributed by atoms with E-state index < -0.39 is 0 Å². The quantitative estimate of drug-likeness (QED) is 0.152. The second kappa shape index (κ2) is 16.9. The summed E-state index contributed by atoms with van der Waals surface area (Å²) in [6.45, 7) is 4.56. The van der Waals surface area contributed by atoms with E-state index in [1.807, 2.05) is 0 Å². The van der Waals surface area contributed by atoms with E-state index in [-0.39, 0.29) is 3.74 Å². The molecule has 1 rings (SSSR count). The van der Waals surface area contributed by atoms with Gasteiger partial charge in [-0.1, -0.05) is 122 Å². The average Bonchev–Trinajstić information content (AvgIpc) is 2.67. The van der Waals surface area contributed by atoms with Crippen molar-refractivity contribution in [3.05, 3.63) is 29.8 Å². The minimum Gasteiger partial charge on any atom is -0.490 e. The molecule has 0 spiro atoms. The molecule has 156 valence electrons. The molecule has 0 amide bonds.